The molecule has 4 aliphatic rings. The van der Waals surface area contributed by atoms with Crippen molar-refractivity contribution in [3.05, 3.63) is 35.9 Å². The van der Waals surface area contributed by atoms with E-state index in [1.54, 1.807) is 19.1 Å². The Morgan fingerprint density at radius 1 is 0.750 bits per heavy atom. The van der Waals surface area contributed by atoms with Gasteiger partial charge in [-0.3, -0.25) is 14.4 Å². The van der Waals surface area contributed by atoms with Crippen LogP contribution in [0.3, 0.4) is 0 Å². The number of nitrogens with one attached hydrogen (secondary N) is 2. The van der Waals surface area contributed by atoms with Gasteiger partial charge in [-0.25, -0.2) is 14.4 Å². The number of fused-ring (bicyclic) bond motifs is 5. The number of hydrogen-bond acceptors (Lipinski definition) is 12. The first kappa shape index (κ1) is 43.1. The number of hydrogen-bond donors (Lipinski definition) is 2. The second kappa shape index (κ2) is 17.2. The van der Waals surface area contributed by atoms with Crippen molar-refractivity contribution in [1.29, 1.82) is 0 Å². The molecular formula is C43H62N2O11. The van der Waals surface area contributed by atoms with E-state index in [-0.39, 0.29) is 55.0 Å². The maximum Gasteiger partial charge on any atom is 0.407 e. The normalized spacial score (nSPS) is 32.1. The maximum absolute atomic E-state index is 13.0. The Morgan fingerprint density at radius 2 is 1.45 bits per heavy atom. The third-order valence-electron chi connectivity index (χ3n) is 14.0. The van der Waals surface area contributed by atoms with Crippen molar-refractivity contribution in [3.63, 3.8) is 0 Å². The summed E-state index contributed by atoms with van der Waals surface area (Å²) in [5.74, 6) is -0.928. The van der Waals surface area contributed by atoms with Crippen LogP contribution < -0.4 is 10.6 Å². The van der Waals surface area contributed by atoms with Gasteiger partial charge in [-0.1, -0.05) is 51.1 Å². The Morgan fingerprint density at radius 3 is 2.16 bits per heavy atom. The molecule has 4 aliphatic carbocycles. The molecular weight excluding hydrogens is 720 g/mol. The van der Waals surface area contributed by atoms with Crippen LogP contribution in [-0.4, -0.2) is 79.8 Å². The van der Waals surface area contributed by atoms with Gasteiger partial charge in [0, 0.05) is 12.5 Å². The fourth-order valence-corrected chi connectivity index (χ4v) is 11.2. The van der Waals surface area contributed by atoms with Crippen LogP contribution in [0, 0.1) is 39.9 Å². The van der Waals surface area contributed by atoms with Gasteiger partial charge in [0.25, 0.3) is 0 Å². The number of carbonyl (C=O) groups is 6. The number of esters is 4. The summed E-state index contributed by atoms with van der Waals surface area (Å²) in [6.07, 6.45) is 8.21. The summed E-state index contributed by atoms with van der Waals surface area (Å²) in [6.45, 7) is 12.7. The van der Waals surface area contributed by atoms with E-state index >= 15 is 0 Å². The van der Waals surface area contributed by atoms with Crippen LogP contribution in [0.1, 0.15) is 112 Å². The van der Waals surface area contributed by atoms with Gasteiger partial charge in [-0.15, -0.1) is 0 Å². The molecule has 0 spiro atoms. The van der Waals surface area contributed by atoms with Crippen LogP contribution in [0.25, 0.3) is 0 Å². The lowest BCUT2D eigenvalue weighted by molar-refractivity contribution is -0.202. The highest BCUT2D eigenvalue weighted by Gasteiger charge is 2.66. The standard InChI is InChI=1S/C43H62N2O11/c1-28(46)31-13-14-32-42(31,6)18-16-33-41(5)20-19-40(4,23-30(41)15-17-43(32,33)7)56-36(49)27-53-37(50)39(2,3)55-35(48)24-44-21-22-52-34(47)25-45-38(51)54-26-29-11-9-8-10-12-29/h8-12,30-33,44H,13-27H2,1-7H3,(H,45,51)/t30-,31+,32+,33+,40+,41-,42+,43-/m0/s1. The molecule has 0 aromatic heterocycles. The molecule has 13 heteroatoms. The first-order chi connectivity index (χ1) is 26.3. The number of alkyl carbamates (subject to hydrolysis) is 1. The monoisotopic (exact) mass is 782 g/mol. The number of Topliss-reactive ketones (excluding diaryl/α,β-unsaturated/α-hetero) is 1. The Hall–Kier alpha value is -4.00. The topological polar surface area (TPSA) is 173 Å². The van der Waals surface area contributed by atoms with Gasteiger partial charge >= 0.3 is 30.0 Å². The summed E-state index contributed by atoms with van der Waals surface area (Å²) in [5.41, 5.74) is -1.13. The third-order valence-corrected chi connectivity index (χ3v) is 14.0. The molecule has 0 bridgehead atoms. The largest absolute Gasteiger partial charge is 0.463 e. The summed E-state index contributed by atoms with van der Waals surface area (Å²) >= 11 is 0. The van der Waals surface area contributed by atoms with Gasteiger partial charge < -0.3 is 34.3 Å². The molecule has 13 nitrogen and oxygen atoms in total. The number of benzene rings is 1. The van der Waals surface area contributed by atoms with Crippen molar-refractivity contribution in [3.8, 4) is 0 Å². The molecule has 0 saturated heterocycles. The van der Waals surface area contributed by atoms with Gasteiger partial charge in [0.15, 0.2) is 6.61 Å². The molecule has 8 atom stereocenters. The molecule has 0 aliphatic heterocycles. The lowest BCUT2D eigenvalue weighted by Crippen LogP contribution is -2.60. The van der Waals surface area contributed by atoms with Gasteiger partial charge in [0.2, 0.25) is 5.60 Å². The number of amides is 1. The molecule has 0 radical (unpaired) electrons. The average Bonchev–Trinajstić information content (AvgIpc) is 3.51. The van der Waals surface area contributed by atoms with E-state index in [1.165, 1.54) is 13.8 Å². The molecule has 4 fully saturated rings. The molecule has 2 N–H and O–H groups in total. The van der Waals surface area contributed by atoms with E-state index in [0.29, 0.717) is 23.5 Å². The minimum absolute atomic E-state index is 0.0649. The first-order valence-electron chi connectivity index (χ1n) is 20.2. The first-order valence-corrected chi connectivity index (χ1v) is 20.2. The van der Waals surface area contributed by atoms with Crippen LogP contribution in [0.5, 0.6) is 0 Å². The predicted octanol–water partition coefficient (Wildman–Crippen LogP) is 5.85. The quantitative estimate of drug-likeness (QED) is 0.124. The Kier molecular flexibility index (Phi) is 13.3. The minimum Gasteiger partial charge on any atom is -0.463 e. The number of ketones is 1. The molecule has 1 amide bonds. The van der Waals surface area contributed by atoms with E-state index in [1.807, 2.05) is 25.1 Å². The average molecular weight is 783 g/mol. The number of carbonyl (C=O) groups excluding carboxylic acids is 6. The molecule has 4 saturated carbocycles. The fraction of sp³-hybridized carbons (Fsp3) is 0.721. The zero-order valence-electron chi connectivity index (χ0n) is 34.3. The number of ether oxygens (including phenoxy) is 5. The zero-order chi connectivity index (χ0) is 40.9. The van der Waals surface area contributed by atoms with Crippen LogP contribution in [-0.2, 0) is 54.3 Å². The predicted molar refractivity (Wildman–Crippen MR) is 205 cm³/mol. The number of rotatable bonds is 15. The van der Waals surface area contributed by atoms with Gasteiger partial charge in [0.1, 0.15) is 31.1 Å². The summed E-state index contributed by atoms with van der Waals surface area (Å²) in [6, 6.07) is 9.09. The molecule has 1 aromatic rings. The molecule has 5 rings (SSSR count). The van der Waals surface area contributed by atoms with Crippen LogP contribution in [0.2, 0.25) is 0 Å². The van der Waals surface area contributed by atoms with Crippen molar-refractivity contribution in [1.82, 2.24) is 10.6 Å². The lowest BCUT2D eigenvalue weighted by atomic mass is 9.39. The third kappa shape index (κ3) is 9.57. The van der Waals surface area contributed by atoms with Crippen LogP contribution in [0.4, 0.5) is 4.79 Å². The molecule has 1 aromatic carbocycles. The Labute approximate surface area is 331 Å². The van der Waals surface area contributed by atoms with E-state index in [9.17, 15) is 28.8 Å². The molecule has 56 heavy (non-hydrogen) atoms. The Balaban J connectivity index is 0.980. The van der Waals surface area contributed by atoms with Crippen molar-refractivity contribution >= 4 is 35.8 Å². The molecule has 310 valence electrons. The maximum atomic E-state index is 13.0. The highest BCUT2D eigenvalue weighted by atomic mass is 16.6. The van der Waals surface area contributed by atoms with E-state index < -0.39 is 47.8 Å². The molecule has 0 heterocycles. The van der Waals surface area contributed by atoms with E-state index in [2.05, 4.69) is 31.4 Å². The summed E-state index contributed by atoms with van der Waals surface area (Å²) in [7, 11) is 0. The fourth-order valence-electron chi connectivity index (χ4n) is 11.2. The van der Waals surface area contributed by atoms with Gasteiger partial charge in [0.05, 0.1) is 6.54 Å². The zero-order valence-corrected chi connectivity index (χ0v) is 34.3. The highest BCUT2D eigenvalue weighted by molar-refractivity contribution is 5.85. The van der Waals surface area contributed by atoms with Crippen molar-refractivity contribution in [2.75, 3.05) is 32.8 Å². The summed E-state index contributed by atoms with van der Waals surface area (Å²) in [4.78, 5) is 74.6. The second-order valence-electron chi connectivity index (χ2n) is 18.1. The smallest absolute Gasteiger partial charge is 0.407 e. The van der Waals surface area contributed by atoms with Crippen molar-refractivity contribution < 1.29 is 52.5 Å². The summed E-state index contributed by atoms with van der Waals surface area (Å²) < 4.78 is 26.6. The molecule has 0 unspecified atom stereocenters. The minimum atomic E-state index is -1.67. The highest BCUT2D eigenvalue weighted by Crippen LogP contribution is 2.72. The second-order valence-corrected chi connectivity index (χ2v) is 18.1. The van der Waals surface area contributed by atoms with E-state index in [4.69, 9.17) is 23.7 Å². The Bertz CT molecular complexity index is 1630. The van der Waals surface area contributed by atoms with Crippen molar-refractivity contribution in [2.45, 2.75) is 124 Å². The lowest BCUT2D eigenvalue weighted by Gasteiger charge is -2.66. The summed E-state index contributed by atoms with van der Waals surface area (Å²) in [5, 5.41) is 5.07. The van der Waals surface area contributed by atoms with E-state index in [0.717, 1.165) is 63.4 Å². The van der Waals surface area contributed by atoms with Crippen LogP contribution >= 0.6 is 0 Å². The van der Waals surface area contributed by atoms with Crippen LogP contribution in [0.15, 0.2) is 30.3 Å². The SMILES string of the molecule is CC(=O)[C@H]1CC[C@H]2[C@]3(C)CC[C@H]4C[C@](C)(OC(=O)COC(=O)C(C)(C)OC(=O)CNCCOC(=O)CNC(=O)OCc5ccccc5)CC[C@]4(C)[C@H]3CC[C@@]21C. The van der Waals surface area contributed by atoms with Gasteiger partial charge in [-0.2, -0.15) is 0 Å². The van der Waals surface area contributed by atoms with Crippen molar-refractivity contribution in [2.24, 2.45) is 39.9 Å². The van der Waals surface area contributed by atoms with Gasteiger partial charge in [-0.05, 0) is 125 Å².